The van der Waals surface area contributed by atoms with Gasteiger partial charge in [0, 0.05) is 12.1 Å². The molecule has 3 heterocycles. The van der Waals surface area contributed by atoms with E-state index in [1.54, 1.807) is 29.2 Å². The van der Waals surface area contributed by atoms with Crippen molar-refractivity contribution < 1.29 is 19.0 Å². The van der Waals surface area contributed by atoms with Crippen molar-refractivity contribution in [3.05, 3.63) is 47.7 Å². The number of carbonyl (C=O) groups excluding carboxylic acids is 1. The van der Waals surface area contributed by atoms with Gasteiger partial charge in [-0.05, 0) is 30.3 Å². The van der Waals surface area contributed by atoms with E-state index in [1.165, 1.54) is 0 Å². The van der Waals surface area contributed by atoms with Gasteiger partial charge in [0.1, 0.15) is 11.9 Å². The minimum absolute atomic E-state index is 0.0643. The molecule has 1 fully saturated rings. The summed E-state index contributed by atoms with van der Waals surface area (Å²) in [6.07, 6.45) is -0.278. The maximum atomic E-state index is 12.8. The van der Waals surface area contributed by atoms with Crippen LogP contribution in [0.15, 0.2) is 36.4 Å². The van der Waals surface area contributed by atoms with Crippen LogP contribution in [-0.2, 0) is 4.74 Å². The van der Waals surface area contributed by atoms with Gasteiger partial charge in [-0.15, -0.1) is 0 Å². The number of ether oxygens (including phenoxy) is 3. The SMILES string of the molecule is Nc1cccc(C2CN(C(=O)c3ccc4c(c3)OCO4)CCO2)n1. The molecule has 24 heavy (non-hydrogen) atoms. The number of fused-ring (bicyclic) bond motifs is 1. The zero-order chi connectivity index (χ0) is 16.5. The Morgan fingerprint density at radius 3 is 2.96 bits per heavy atom. The summed E-state index contributed by atoms with van der Waals surface area (Å²) >= 11 is 0. The lowest BCUT2D eigenvalue weighted by atomic mass is 10.1. The summed E-state index contributed by atoms with van der Waals surface area (Å²) in [5.74, 6) is 1.64. The third kappa shape index (κ3) is 2.74. The first-order valence-electron chi connectivity index (χ1n) is 7.74. The number of rotatable bonds is 2. The lowest BCUT2D eigenvalue weighted by Gasteiger charge is -2.32. The van der Waals surface area contributed by atoms with E-state index in [1.807, 2.05) is 12.1 Å². The molecule has 1 amide bonds. The summed E-state index contributed by atoms with van der Waals surface area (Å²) in [5.41, 5.74) is 7.03. The molecule has 1 aromatic heterocycles. The van der Waals surface area contributed by atoms with E-state index in [-0.39, 0.29) is 18.8 Å². The van der Waals surface area contributed by atoms with Crippen molar-refractivity contribution in [1.29, 1.82) is 0 Å². The molecule has 4 rings (SSSR count). The molecule has 1 atom stereocenters. The van der Waals surface area contributed by atoms with Gasteiger partial charge >= 0.3 is 0 Å². The number of hydrogen-bond donors (Lipinski definition) is 1. The third-order valence-electron chi connectivity index (χ3n) is 4.10. The van der Waals surface area contributed by atoms with Gasteiger partial charge in [0.05, 0.1) is 18.8 Å². The highest BCUT2D eigenvalue weighted by atomic mass is 16.7. The minimum atomic E-state index is -0.278. The third-order valence-corrected chi connectivity index (χ3v) is 4.10. The van der Waals surface area contributed by atoms with E-state index in [4.69, 9.17) is 19.9 Å². The van der Waals surface area contributed by atoms with Gasteiger partial charge in [0.2, 0.25) is 6.79 Å². The van der Waals surface area contributed by atoms with Gasteiger partial charge in [-0.1, -0.05) is 6.07 Å². The number of benzene rings is 1. The number of nitrogens with zero attached hydrogens (tertiary/aromatic N) is 2. The second kappa shape index (κ2) is 6.01. The number of aromatic nitrogens is 1. The van der Waals surface area contributed by atoms with Crippen LogP contribution < -0.4 is 15.2 Å². The molecular formula is C17H17N3O4. The van der Waals surface area contributed by atoms with E-state index < -0.39 is 0 Å². The van der Waals surface area contributed by atoms with Crippen molar-refractivity contribution in [3.8, 4) is 11.5 Å². The second-order valence-corrected chi connectivity index (χ2v) is 5.67. The van der Waals surface area contributed by atoms with Crippen molar-refractivity contribution in [2.24, 2.45) is 0 Å². The summed E-state index contributed by atoms with van der Waals surface area (Å²) < 4.78 is 16.4. The number of amides is 1. The number of pyridine rings is 1. The molecule has 0 spiro atoms. The molecule has 1 aromatic carbocycles. The van der Waals surface area contributed by atoms with E-state index >= 15 is 0 Å². The Morgan fingerprint density at radius 2 is 2.08 bits per heavy atom. The molecule has 2 N–H and O–H groups in total. The van der Waals surface area contributed by atoms with Crippen LogP contribution in [0.5, 0.6) is 11.5 Å². The number of hydrogen-bond acceptors (Lipinski definition) is 6. The van der Waals surface area contributed by atoms with Crippen LogP contribution in [0.1, 0.15) is 22.2 Å². The highest BCUT2D eigenvalue weighted by Gasteiger charge is 2.28. The Kier molecular flexibility index (Phi) is 3.70. The first kappa shape index (κ1) is 14.8. The fourth-order valence-electron chi connectivity index (χ4n) is 2.87. The van der Waals surface area contributed by atoms with E-state index in [2.05, 4.69) is 4.98 Å². The van der Waals surface area contributed by atoms with Gasteiger partial charge in [0.15, 0.2) is 11.5 Å². The first-order valence-corrected chi connectivity index (χ1v) is 7.74. The zero-order valence-electron chi connectivity index (χ0n) is 13.0. The predicted molar refractivity (Wildman–Crippen MR) is 85.8 cm³/mol. The Hall–Kier alpha value is -2.80. The average Bonchev–Trinajstić information content (AvgIpc) is 3.09. The largest absolute Gasteiger partial charge is 0.454 e. The number of carbonyl (C=O) groups is 1. The van der Waals surface area contributed by atoms with Crippen LogP contribution >= 0.6 is 0 Å². The normalized spacial score (nSPS) is 19.3. The summed E-state index contributed by atoms with van der Waals surface area (Å²) in [7, 11) is 0. The zero-order valence-corrected chi connectivity index (χ0v) is 13.0. The van der Waals surface area contributed by atoms with Gasteiger partial charge < -0.3 is 24.8 Å². The Balaban J connectivity index is 1.52. The van der Waals surface area contributed by atoms with Gasteiger partial charge in [-0.3, -0.25) is 4.79 Å². The van der Waals surface area contributed by atoms with Crippen molar-refractivity contribution in [2.45, 2.75) is 6.10 Å². The van der Waals surface area contributed by atoms with Crippen LogP contribution in [0.25, 0.3) is 0 Å². The molecule has 2 aliphatic rings. The lowest BCUT2D eigenvalue weighted by molar-refractivity contribution is -0.0246. The van der Waals surface area contributed by atoms with Gasteiger partial charge in [0.25, 0.3) is 5.91 Å². The first-order chi connectivity index (χ1) is 11.7. The summed E-state index contributed by atoms with van der Waals surface area (Å²) in [6, 6.07) is 10.6. The monoisotopic (exact) mass is 327 g/mol. The van der Waals surface area contributed by atoms with Crippen molar-refractivity contribution in [3.63, 3.8) is 0 Å². The maximum absolute atomic E-state index is 12.8. The van der Waals surface area contributed by atoms with Crippen LogP contribution in [-0.4, -0.2) is 42.3 Å². The van der Waals surface area contributed by atoms with Crippen molar-refractivity contribution in [2.75, 3.05) is 32.2 Å². The number of nitrogen functional groups attached to an aromatic ring is 1. The number of nitrogens with two attached hydrogens (primary N) is 1. The Labute approximate surface area is 138 Å². The minimum Gasteiger partial charge on any atom is -0.454 e. The summed E-state index contributed by atoms with van der Waals surface area (Å²) in [5, 5.41) is 0. The van der Waals surface area contributed by atoms with Crippen LogP contribution in [0.2, 0.25) is 0 Å². The lowest BCUT2D eigenvalue weighted by Crippen LogP contribution is -2.42. The predicted octanol–water partition coefficient (Wildman–Crippen LogP) is 1.61. The van der Waals surface area contributed by atoms with Crippen molar-refractivity contribution >= 4 is 11.7 Å². The Morgan fingerprint density at radius 1 is 1.21 bits per heavy atom. The molecule has 2 aliphatic heterocycles. The molecule has 1 unspecified atom stereocenters. The molecule has 124 valence electrons. The fraction of sp³-hybridized carbons (Fsp3) is 0.294. The van der Waals surface area contributed by atoms with Crippen molar-refractivity contribution in [1.82, 2.24) is 9.88 Å². The molecule has 1 saturated heterocycles. The number of morpholine rings is 1. The molecule has 7 heteroatoms. The molecule has 0 saturated carbocycles. The average molecular weight is 327 g/mol. The molecule has 2 aromatic rings. The smallest absolute Gasteiger partial charge is 0.254 e. The second-order valence-electron chi connectivity index (χ2n) is 5.67. The van der Waals surface area contributed by atoms with Crippen LogP contribution in [0.3, 0.4) is 0 Å². The fourth-order valence-corrected chi connectivity index (χ4v) is 2.87. The maximum Gasteiger partial charge on any atom is 0.254 e. The van der Waals surface area contributed by atoms with Gasteiger partial charge in [-0.2, -0.15) is 0 Å². The van der Waals surface area contributed by atoms with Crippen LogP contribution in [0, 0.1) is 0 Å². The summed E-state index contributed by atoms with van der Waals surface area (Å²) in [4.78, 5) is 18.8. The highest BCUT2D eigenvalue weighted by molar-refractivity contribution is 5.95. The standard InChI is InChI=1S/C17H17N3O4/c18-16-3-1-2-12(19-16)15-9-20(6-7-22-15)17(21)11-4-5-13-14(8-11)24-10-23-13/h1-5,8,15H,6-7,9-10H2,(H2,18,19). The number of anilines is 1. The highest BCUT2D eigenvalue weighted by Crippen LogP contribution is 2.33. The molecule has 7 nitrogen and oxygen atoms in total. The van der Waals surface area contributed by atoms with E-state index in [0.717, 1.165) is 5.69 Å². The topological polar surface area (TPSA) is 86.9 Å². The van der Waals surface area contributed by atoms with Crippen LogP contribution in [0.4, 0.5) is 5.82 Å². The van der Waals surface area contributed by atoms with E-state index in [0.29, 0.717) is 42.6 Å². The van der Waals surface area contributed by atoms with E-state index in [9.17, 15) is 4.79 Å². The molecule has 0 bridgehead atoms. The Bertz CT molecular complexity index is 780. The van der Waals surface area contributed by atoms with Gasteiger partial charge in [-0.25, -0.2) is 4.98 Å². The molecule has 0 aliphatic carbocycles. The quantitative estimate of drug-likeness (QED) is 0.902. The molecular weight excluding hydrogens is 310 g/mol. The molecule has 0 radical (unpaired) electrons. The summed E-state index contributed by atoms with van der Waals surface area (Å²) in [6.45, 7) is 1.61.